The Morgan fingerprint density at radius 3 is 2.80 bits per heavy atom. The number of anilines is 1. The molecule has 0 bridgehead atoms. The summed E-state index contributed by atoms with van der Waals surface area (Å²) in [7, 11) is 0. The van der Waals surface area contributed by atoms with Gasteiger partial charge in [-0.15, -0.1) is 11.3 Å². The number of rotatable bonds is 4. The van der Waals surface area contributed by atoms with Crippen molar-refractivity contribution in [2.75, 3.05) is 5.32 Å². The van der Waals surface area contributed by atoms with Crippen LogP contribution in [0.1, 0.15) is 10.5 Å². The number of aromatic nitrogens is 7. The van der Waals surface area contributed by atoms with Gasteiger partial charge in [0.2, 0.25) is 0 Å². The third-order valence-electron chi connectivity index (χ3n) is 4.25. The van der Waals surface area contributed by atoms with Crippen molar-refractivity contribution in [3.8, 4) is 16.5 Å². The second kappa shape index (κ2) is 7.29. The summed E-state index contributed by atoms with van der Waals surface area (Å²) in [5.74, 6) is 0.0735. The number of amides is 1. The molecule has 1 amide bonds. The van der Waals surface area contributed by atoms with Crippen molar-refractivity contribution in [1.82, 2.24) is 34.7 Å². The van der Waals surface area contributed by atoms with Crippen LogP contribution >= 0.6 is 11.3 Å². The fourth-order valence-electron chi connectivity index (χ4n) is 2.87. The summed E-state index contributed by atoms with van der Waals surface area (Å²) in [6, 6.07) is 8.81. The van der Waals surface area contributed by atoms with Crippen molar-refractivity contribution in [3.63, 3.8) is 0 Å². The van der Waals surface area contributed by atoms with Crippen LogP contribution in [0.15, 0.2) is 65.4 Å². The Labute approximate surface area is 172 Å². The summed E-state index contributed by atoms with van der Waals surface area (Å²) in [6.45, 7) is 0. The smallest absolute Gasteiger partial charge is 0.275 e. The highest BCUT2D eigenvalue weighted by Crippen LogP contribution is 2.24. The molecule has 1 aromatic carbocycles. The van der Waals surface area contributed by atoms with Crippen LogP contribution in [0.2, 0.25) is 0 Å². The number of fused-ring (bicyclic) bond motifs is 1. The number of aromatic amines is 1. The third-order valence-corrected chi connectivity index (χ3v) is 5.08. The predicted octanol–water partition coefficient (Wildman–Crippen LogP) is 2.27. The van der Waals surface area contributed by atoms with Gasteiger partial charge in [0.25, 0.3) is 11.5 Å². The zero-order valence-corrected chi connectivity index (χ0v) is 16.0. The van der Waals surface area contributed by atoms with Gasteiger partial charge in [0, 0.05) is 17.8 Å². The topological polar surface area (TPSA) is 131 Å². The molecule has 5 rings (SSSR count). The molecule has 30 heavy (non-hydrogen) atoms. The van der Waals surface area contributed by atoms with Crippen LogP contribution < -0.4 is 10.9 Å². The monoisotopic (exact) mass is 416 g/mol. The fourth-order valence-corrected chi connectivity index (χ4v) is 3.62. The zero-order chi connectivity index (χ0) is 20.5. The van der Waals surface area contributed by atoms with E-state index in [9.17, 15) is 9.59 Å². The first-order valence-corrected chi connectivity index (χ1v) is 9.64. The highest BCUT2D eigenvalue weighted by atomic mass is 32.1. The van der Waals surface area contributed by atoms with Crippen LogP contribution in [0.4, 0.5) is 5.69 Å². The van der Waals surface area contributed by atoms with E-state index >= 15 is 0 Å². The van der Waals surface area contributed by atoms with Gasteiger partial charge in [-0.1, -0.05) is 12.1 Å². The van der Waals surface area contributed by atoms with Gasteiger partial charge < -0.3 is 10.3 Å². The highest BCUT2D eigenvalue weighted by molar-refractivity contribution is 7.13. The van der Waals surface area contributed by atoms with E-state index in [2.05, 4.69) is 35.3 Å². The molecule has 5 aromatic rings. The molecule has 0 aliphatic rings. The molecule has 10 nitrogen and oxygen atoms in total. The Morgan fingerprint density at radius 2 is 1.93 bits per heavy atom. The summed E-state index contributed by atoms with van der Waals surface area (Å²) >= 11 is 1.28. The molecule has 2 N–H and O–H groups in total. The molecule has 0 spiro atoms. The van der Waals surface area contributed by atoms with Gasteiger partial charge >= 0.3 is 0 Å². The number of benzene rings is 1. The number of thiazole rings is 1. The van der Waals surface area contributed by atoms with Crippen molar-refractivity contribution in [1.29, 1.82) is 0 Å². The Bertz CT molecular complexity index is 1420. The molecule has 146 valence electrons. The van der Waals surface area contributed by atoms with Crippen LogP contribution in [0.3, 0.4) is 0 Å². The lowest BCUT2D eigenvalue weighted by atomic mass is 10.2. The number of nitrogens with zero attached hydrogens (tertiary/aromatic N) is 6. The molecular weight excluding hydrogens is 404 g/mol. The number of H-pyrrole nitrogens is 1. The maximum absolute atomic E-state index is 12.8. The van der Waals surface area contributed by atoms with Crippen LogP contribution in [0, 0.1) is 0 Å². The van der Waals surface area contributed by atoms with Gasteiger partial charge in [0.05, 0.1) is 23.9 Å². The number of hydrogen-bond acceptors (Lipinski definition) is 8. The number of carbonyl (C=O) groups is 1. The predicted molar refractivity (Wildman–Crippen MR) is 111 cm³/mol. The molecular formula is C19H12N8O2S. The maximum atomic E-state index is 12.8. The number of para-hydroxylation sites is 2. The normalized spacial score (nSPS) is 10.9. The minimum Gasteiger partial charge on any atom is -0.319 e. The first-order chi connectivity index (χ1) is 14.7. The van der Waals surface area contributed by atoms with E-state index in [1.165, 1.54) is 28.5 Å². The van der Waals surface area contributed by atoms with Gasteiger partial charge in [-0.3, -0.25) is 9.59 Å². The minimum absolute atomic E-state index is 0.247. The molecule has 0 aliphatic carbocycles. The van der Waals surface area contributed by atoms with E-state index in [1.807, 2.05) is 0 Å². The Balaban J connectivity index is 1.48. The molecule has 4 aromatic heterocycles. The molecule has 0 saturated heterocycles. The molecule has 0 fully saturated rings. The van der Waals surface area contributed by atoms with E-state index in [-0.39, 0.29) is 17.2 Å². The van der Waals surface area contributed by atoms with Crippen molar-refractivity contribution in [2.45, 2.75) is 0 Å². The molecule has 0 saturated carbocycles. The first-order valence-electron chi connectivity index (χ1n) is 8.76. The van der Waals surface area contributed by atoms with Gasteiger partial charge in [-0.25, -0.2) is 24.6 Å². The van der Waals surface area contributed by atoms with E-state index in [0.717, 1.165) is 0 Å². The first kappa shape index (κ1) is 17.8. The van der Waals surface area contributed by atoms with Gasteiger partial charge in [-0.2, -0.15) is 5.10 Å². The molecule has 0 atom stereocenters. The third kappa shape index (κ3) is 3.12. The molecule has 11 heteroatoms. The lowest BCUT2D eigenvalue weighted by molar-refractivity contribution is 0.102. The van der Waals surface area contributed by atoms with E-state index in [0.29, 0.717) is 33.2 Å². The van der Waals surface area contributed by atoms with Gasteiger partial charge in [-0.05, 0) is 18.2 Å². The Morgan fingerprint density at radius 1 is 1.10 bits per heavy atom. The molecule has 0 aliphatic heterocycles. The van der Waals surface area contributed by atoms with Crippen LogP contribution in [0.5, 0.6) is 0 Å². The van der Waals surface area contributed by atoms with Crippen LogP contribution in [-0.4, -0.2) is 40.6 Å². The highest BCUT2D eigenvalue weighted by Gasteiger charge is 2.17. The number of hydrogen-bond donors (Lipinski definition) is 2. The lowest BCUT2D eigenvalue weighted by Gasteiger charge is -2.10. The quantitative estimate of drug-likeness (QED) is 0.459. The van der Waals surface area contributed by atoms with Crippen molar-refractivity contribution < 1.29 is 4.79 Å². The molecule has 0 unspecified atom stereocenters. The molecule has 4 heterocycles. The summed E-state index contributed by atoms with van der Waals surface area (Å²) in [5, 5.41) is 9.66. The average molecular weight is 416 g/mol. The second-order valence-electron chi connectivity index (χ2n) is 6.11. The van der Waals surface area contributed by atoms with Crippen molar-refractivity contribution in [3.05, 3.63) is 76.7 Å². The number of nitrogens with one attached hydrogen (secondary N) is 2. The van der Waals surface area contributed by atoms with Crippen LogP contribution in [0.25, 0.3) is 27.6 Å². The lowest BCUT2D eigenvalue weighted by Crippen LogP contribution is -2.15. The summed E-state index contributed by atoms with van der Waals surface area (Å²) < 4.78 is 1.50. The van der Waals surface area contributed by atoms with Gasteiger partial charge in [0.1, 0.15) is 11.1 Å². The Kier molecular flexibility index (Phi) is 4.33. The standard InChI is InChI=1S/C19H12N8O2S/c28-17-11-8-24-27(16(11)22-10-23-17)14-5-2-1-4-12(14)25-18(29)13-9-30-19(26-13)15-20-6-3-7-21-15/h1-10H,(H,25,29)(H,22,23,28). The fraction of sp³-hybridized carbons (Fsp3) is 0. The average Bonchev–Trinajstić information content (AvgIpc) is 3.43. The second-order valence-corrected chi connectivity index (χ2v) is 6.96. The van der Waals surface area contributed by atoms with Crippen molar-refractivity contribution >= 4 is 34.0 Å². The zero-order valence-electron chi connectivity index (χ0n) is 15.2. The summed E-state index contributed by atoms with van der Waals surface area (Å²) in [4.78, 5) is 44.1. The largest absolute Gasteiger partial charge is 0.319 e. The maximum Gasteiger partial charge on any atom is 0.275 e. The summed E-state index contributed by atoms with van der Waals surface area (Å²) in [6.07, 6.45) is 5.99. The van der Waals surface area contributed by atoms with Crippen molar-refractivity contribution in [2.24, 2.45) is 0 Å². The van der Waals surface area contributed by atoms with Crippen LogP contribution in [-0.2, 0) is 0 Å². The van der Waals surface area contributed by atoms with Gasteiger partial charge in [0.15, 0.2) is 16.5 Å². The Hall–Kier alpha value is -4.25. The van der Waals surface area contributed by atoms with E-state index in [4.69, 9.17) is 0 Å². The molecule has 0 radical (unpaired) electrons. The SMILES string of the molecule is O=C(Nc1ccccc1-n1ncc2c(=O)[nH]cnc21)c1csc(-c2ncccn2)n1. The number of carbonyl (C=O) groups excluding carboxylic acids is 1. The van der Waals surface area contributed by atoms with E-state index < -0.39 is 0 Å². The minimum atomic E-state index is -0.386. The van der Waals surface area contributed by atoms with E-state index in [1.54, 1.807) is 48.1 Å². The summed E-state index contributed by atoms with van der Waals surface area (Å²) in [5.41, 5.74) is 1.42.